The van der Waals surface area contributed by atoms with Crippen molar-refractivity contribution in [1.82, 2.24) is 4.90 Å². The smallest absolute Gasteiger partial charge is 0.266 e. The van der Waals surface area contributed by atoms with Gasteiger partial charge in [-0.2, -0.15) is 0 Å². The maximum atomic E-state index is 12.6. The molecule has 2 aromatic carbocycles. The maximum absolute atomic E-state index is 12.6. The third-order valence-corrected chi connectivity index (χ3v) is 5.19. The van der Waals surface area contributed by atoms with Crippen LogP contribution in [0, 0.1) is 0 Å². The van der Waals surface area contributed by atoms with Gasteiger partial charge in [-0.25, -0.2) is 0 Å². The minimum absolute atomic E-state index is 0.0176. The lowest BCUT2D eigenvalue weighted by Gasteiger charge is -2.33. The van der Waals surface area contributed by atoms with Gasteiger partial charge in [0.1, 0.15) is 5.75 Å². The molecule has 2 aliphatic heterocycles. The molecule has 0 aromatic heterocycles. The number of fused-ring (bicyclic) bond motifs is 1. The minimum Gasteiger partial charge on any atom is -0.478 e. The molecule has 2 amide bonds. The summed E-state index contributed by atoms with van der Waals surface area (Å²) in [6.45, 7) is 1.45. The number of amides is 2. The standard InChI is InChI=1S/C21H22N2O3/c24-20(14-19-21(25)22-17-8-4-5-9-18(17)26-19)23-12-10-16(11-13-23)15-6-2-1-3-7-15/h1-9,16,19H,10-14H2,(H,22,25). The molecule has 1 saturated heterocycles. The summed E-state index contributed by atoms with van der Waals surface area (Å²) in [6, 6.07) is 17.7. The molecular formula is C21H22N2O3. The Morgan fingerprint density at radius 1 is 1.04 bits per heavy atom. The molecule has 134 valence electrons. The molecule has 1 fully saturated rings. The Labute approximate surface area is 153 Å². The maximum Gasteiger partial charge on any atom is 0.266 e. The van der Waals surface area contributed by atoms with Gasteiger partial charge in [0.25, 0.3) is 5.91 Å². The van der Waals surface area contributed by atoms with Crippen molar-refractivity contribution in [2.45, 2.75) is 31.3 Å². The van der Waals surface area contributed by atoms with Crippen molar-refractivity contribution in [2.75, 3.05) is 18.4 Å². The van der Waals surface area contributed by atoms with Gasteiger partial charge in [0, 0.05) is 13.1 Å². The van der Waals surface area contributed by atoms with Gasteiger partial charge in [-0.05, 0) is 36.5 Å². The normalized spacial score (nSPS) is 20.1. The van der Waals surface area contributed by atoms with Gasteiger partial charge in [-0.1, -0.05) is 42.5 Å². The van der Waals surface area contributed by atoms with Gasteiger partial charge >= 0.3 is 0 Å². The molecule has 0 saturated carbocycles. The Morgan fingerprint density at radius 3 is 2.50 bits per heavy atom. The predicted molar refractivity (Wildman–Crippen MR) is 99.1 cm³/mol. The molecule has 0 radical (unpaired) electrons. The number of hydrogen-bond donors (Lipinski definition) is 1. The number of carbonyl (C=O) groups excluding carboxylic acids is 2. The molecular weight excluding hydrogens is 328 g/mol. The van der Waals surface area contributed by atoms with Gasteiger partial charge < -0.3 is 15.0 Å². The van der Waals surface area contributed by atoms with Crippen LogP contribution in [0.5, 0.6) is 5.75 Å². The average molecular weight is 350 g/mol. The number of nitrogens with zero attached hydrogens (tertiary/aromatic N) is 1. The lowest BCUT2D eigenvalue weighted by atomic mass is 9.89. The second-order valence-electron chi connectivity index (χ2n) is 6.86. The molecule has 1 atom stereocenters. The molecule has 2 aliphatic rings. The van der Waals surface area contributed by atoms with Crippen LogP contribution >= 0.6 is 0 Å². The van der Waals surface area contributed by atoms with E-state index in [9.17, 15) is 9.59 Å². The lowest BCUT2D eigenvalue weighted by Crippen LogP contribution is -2.44. The van der Waals surface area contributed by atoms with Crippen molar-refractivity contribution in [1.29, 1.82) is 0 Å². The van der Waals surface area contributed by atoms with Gasteiger partial charge in [-0.15, -0.1) is 0 Å². The van der Waals surface area contributed by atoms with E-state index in [2.05, 4.69) is 29.6 Å². The van der Waals surface area contributed by atoms with E-state index in [1.165, 1.54) is 5.56 Å². The number of piperidine rings is 1. The average Bonchev–Trinajstić information content (AvgIpc) is 2.69. The van der Waals surface area contributed by atoms with Crippen molar-refractivity contribution in [3.8, 4) is 5.75 Å². The van der Waals surface area contributed by atoms with Gasteiger partial charge in [-0.3, -0.25) is 9.59 Å². The zero-order valence-corrected chi connectivity index (χ0v) is 14.6. The van der Waals surface area contributed by atoms with Crippen LogP contribution in [0.2, 0.25) is 0 Å². The summed E-state index contributed by atoms with van der Waals surface area (Å²) in [5.41, 5.74) is 2.00. The first-order valence-electron chi connectivity index (χ1n) is 9.10. The molecule has 4 rings (SSSR count). The highest BCUT2D eigenvalue weighted by atomic mass is 16.5. The Bertz CT molecular complexity index is 798. The summed E-state index contributed by atoms with van der Waals surface area (Å²) in [5, 5.41) is 2.81. The van der Waals surface area contributed by atoms with E-state index in [1.807, 2.05) is 23.1 Å². The van der Waals surface area contributed by atoms with Crippen LogP contribution in [-0.2, 0) is 9.59 Å². The third-order valence-electron chi connectivity index (χ3n) is 5.19. The highest BCUT2D eigenvalue weighted by molar-refractivity contribution is 5.99. The SMILES string of the molecule is O=C1Nc2ccccc2OC1CC(=O)N1CCC(c2ccccc2)CC1. The molecule has 5 heteroatoms. The van der Waals surface area contributed by atoms with E-state index in [-0.39, 0.29) is 18.2 Å². The number of hydrogen-bond acceptors (Lipinski definition) is 3. The van der Waals surface area contributed by atoms with Gasteiger partial charge in [0.05, 0.1) is 12.1 Å². The summed E-state index contributed by atoms with van der Waals surface area (Å²) in [5.74, 6) is 0.848. The quantitative estimate of drug-likeness (QED) is 0.925. The van der Waals surface area contributed by atoms with Crippen LogP contribution in [0.1, 0.15) is 30.7 Å². The van der Waals surface area contributed by atoms with Crippen LogP contribution in [-0.4, -0.2) is 35.9 Å². The van der Waals surface area contributed by atoms with Gasteiger partial charge in [0.2, 0.25) is 5.91 Å². The molecule has 0 spiro atoms. The summed E-state index contributed by atoms with van der Waals surface area (Å²) >= 11 is 0. The summed E-state index contributed by atoms with van der Waals surface area (Å²) in [7, 11) is 0. The predicted octanol–water partition coefficient (Wildman–Crippen LogP) is 3.18. The zero-order chi connectivity index (χ0) is 17.9. The van der Waals surface area contributed by atoms with E-state index in [4.69, 9.17) is 4.74 Å². The van der Waals surface area contributed by atoms with Crippen molar-refractivity contribution >= 4 is 17.5 Å². The van der Waals surface area contributed by atoms with Crippen LogP contribution in [0.15, 0.2) is 54.6 Å². The second-order valence-corrected chi connectivity index (χ2v) is 6.86. The molecule has 1 unspecified atom stereocenters. The first-order valence-corrected chi connectivity index (χ1v) is 9.10. The van der Waals surface area contributed by atoms with Crippen molar-refractivity contribution in [3.05, 3.63) is 60.2 Å². The fraction of sp³-hybridized carbons (Fsp3) is 0.333. The molecule has 2 aromatic rings. The minimum atomic E-state index is -0.760. The van der Waals surface area contributed by atoms with Gasteiger partial charge in [0.15, 0.2) is 6.10 Å². The Hall–Kier alpha value is -2.82. The number of ether oxygens (including phenoxy) is 1. The second kappa shape index (κ2) is 7.20. The highest BCUT2D eigenvalue weighted by Crippen LogP contribution is 2.31. The lowest BCUT2D eigenvalue weighted by molar-refractivity contribution is -0.137. The number of carbonyl (C=O) groups is 2. The first-order chi connectivity index (χ1) is 12.7. The van der Waals surface area contributed by atoms with Crippen LogP contribution < -0.4 is 10.1 Å². The largest absolute Gasteiger partial charge is 0.478 e. The zero-order valence-electron chi connectivity index (χ0n) is 14.6. The Kier molecular flexibility index (Phi) is 4.61. The Balaban J connectivity index is 1.34. The van der Waals surface area contributed by atoms with E-state index in [0.29, 0.717) is 17.4 Å². The van der Waals surface area contributed by atoms with Crippen LogP contribution in [0.3, 0.4) is 0 Å². The molecule has 0 aliphatic carbocycles. The number of para-hydroxylation sites is 2. The molecule has 0 bridgehead atoms. The molecule has 26 heavy (non-hydrogen) atoms. The summed E-state index contributed by atoms with van der Waals surface area (Å²) in [4.78, 5) is 26.7. The summed E-state index contributed by atoms with van der Waals surface area (Å²) in [6.07, 6.45) is 1.23. The number of rotatable bonds is 3. The first kappa shape index (κ1) is 16.6. The number of likely N-dealkylation sites (tertiary alicyclic amines) is 1. The van der Waals surface area contributed by atoms with Crippen molar-refractivity contribution < 1.29 is 14.3 Å². The Morgan fingerprint density at radius 2 is 1.73 bits per heavy atom. The molecule has 2 heterocycles. The fourth-order valence-corrected chi connectivity index (χ4v) is 3.70. The topological polar surface area (TPSA) is 58.6 Å². The third kappa shape index (κ3) is 3.43. The number of benzene rings is 2. The van der Waals surface area contributed by atoms with E-state index >= 15 is 0 Å². The number of nitrogens with one attached hydrogen (secondary N) is 1. The van der Waals surface area contributed by atoms with E-state index < -0.39 is 6.10 Å². The molecule has 1 N–H and O–H groups in total. The van der Waals surface area contributed by atoms with E-state index in [0.717, 1.165) is 25.9 Å². The molecule has 5 nitrogen and oxygen atoms in total. The number of anilines is 1. The van der Waals surface area contributed by atoms with E-state index in [1.54, 1.807) is 12.1 Å². The fourth-order valence-electron chi connectivity index (χ4n) is 3.70. The van der Waals surface area contributed by atoms with Crippen molar-refractivity contribution in [2.24, 2.45) is 0 Å². The van der Waals surface area contributed by atoms with Crippen molar-refractivity contribution in [3.63, 3.8) is 0 Å². The van der Waals surface area contributed by atoms with Crippen LogP contribution in [0.25, 0.3) is 0 Å². The summed E-state index contributed by atoms with van der Waals surface area (Å²) < 4.78 is 5.74. The van der Waals surface area contributed by atoms with Crippen LogP contribution in [0.4, 0.5) is 5.69 Å². The highest BCUT2D eigenvalue weighted by Gasteiger charge is 2.32. The monoisotopic (exact) mass is 350 g/mol.